The predicted octanol–water partition coefficient (Wildman–Crippen LogP) is 3.32. The summed E-state index contributed by atoms with van der Waals surface area (Å²) in [6.07, 6.45) is 4.33. The number of nitro benzene ring substituents is 1. The number of rotatable bonds is 8. The number of hydrogen-bond donors (Lipinski definition) is 1. The lowest BCUT2D eigenvalue weighted by Crippen LogP contribution is -2.25. The van der Waals surface area contributed by atoms with E-state index in [0.29, 0.717) is 6.54 Å². The molecule has 5 nitrogen and oxygen atoms in total. The normalized spacial score (nSPS) is 10.2. The van der Waals surface area contributed by atoms with Crippen LogP contribution in [0.1, 0.15) is 36.0 Å². The molecule has 0 atom stereocenters. The van der Waals surface area contributed by atoms with Crippen molar-refractivity contribution in [3.05, 3.63) is 39.9 Å². The number of nitrogens with one attached hydrogen (secondary N) is 1. The van der Waals surface area contributed by atoms with Crippen molar-refractivity contribution in [1.29, 1.82) is 0 Å². The minimum atomic E-state index is -0.532. The molecule has 0 spiro atoms. The number of alkyl halides is 1. The van der Waals surface area contributed by atoms with Crippen LogP contribution in [0.25, 0.3) is 0 Å². The molecule has 0 aliphatic rings. The molecule has 19 heavy (non-hydrogen) atoms. The summed E-state index contributed by atoms with van der Waals surface area (Å²) in [4.78, 5) is 22.1. The van der Waals surface area contributed by atoms with E-state index in [1.54, 1.807) is 12.1 Å². The Hall–Kier alpha value is -1.18. The van der Waals surface area contributed by atoms with Crippen molar-refractivity contribution < 1.29 is 9.72 Å². The fourth-order valence-electron chi connectivity index (χ4n) is 1.70. The van der Waals surface area contributed by atoms with E-state index in [9.17, 15) is 14.9 Å². The number of hydrogen-bond acceptors (Lipinski definition) is 3. The molecule has 0 saturated carbocycles. The molecule has 104 valence electrons. The van der Waals surface area contributed by atoms with E-state index in [2.05, 4.69) is 27.9 Å². The summed E-state index contributed by atoms with van der Waals surface area (Å²) >= 11 is 2.34. The van der Waals surface area contributed by atoms with Crippen LogP contribution in [-0.4, -0.2) is 21.8 Å². The topological polar surface area (TPSA) is 72.2 Å². The Morgan fingerprint density at radius 1 is 1.21 bits per heavy atom. The van der Waals surface area contributed by atoms with Gasteiger partial charge in [-0.2, -0.15) is 0 Å². The van der Waals surface area contributed by atoms with E-state index < -0.39 is 4.92 Å². The first kappa shape index (κ1) is 15.9. The monoisotopic (exact) mass is 376 g/mol. The van der Waals surface area contributed by atoms with Gasteiger partial charge in [-0.15, -0.1) is 0 Å². The summed E-state index contributed by atoms with van der Waals surface area (Å²) < 4.78 is 1.15. The Kier molecular flexibility index (Phi) is 7.39. The molecule has 1 rings (SSSR count). The van der Waals surface area contributed by atoms with Crippen LogP contribution in [0.5, 0.6) is 0 Å². The largest absolute Gasteiger partial charge is 0.352 e. The number of carbonyl (C=O) groups is 1. The molecule has 1 aromatic carbocycles. The number of para-hydroxylation sites is 1. The first-order valence-electron chi connectivity index (χ1n) is 6.24. The molecule has 0 aliphatic carbocycles. The Bertz CT molecular complexity index is 438. The standard InChI is InChI=1S/C13H17IN2O3/c14-9-5-1-2-6-10-15-13(17)11-7-3-4-8-12(11)16(18)19/h3-4,7-8H,1-2,5-6,9-10H2,(H,15,17). The zero-order valence-electron chi connectivity index (χ0n) is 10.6. The SMILES string of the molecule is O=C(NCCCCCCI)c1ccccc1[N+](=O)[O-]. The number of amides is 1. The third-order valence-electron chi connectivity index (χ3n) is 2.69. The van der Waals surface area contributed by atoms with E-state index in [-0.39, 0.29) is 17.2 Å². The third kappa shape index (κ3) is 5.54. The van der Waals surface area contributed by atoms with Crippen molar-refractivity contribution in [2.45, 2.75) is 25.7 Å². The first-order valence-corrected chi connectivity index (χ1v) is 7.77. The van der Waals surface area contributed by atoms with Crippen molar-refractivity contribution in [2.75, 3.05) is 11.0 Å². The molecule has 0 heterocycles. The molecular formula is C13H17IN2O3. The second-order valence-corrected chi connectivity index (χ2v) is 5.21. The van der Waals surface area contributed by atoms with Gasteiger partial charge < -0.3 is 5.32 Å². The highest BCUT2D eigenvalue weighted by atomic mass is 127. The van der Waals surface area contributed by atoms with Gasteiger partial charge in [0.15, 0.2) is 0 Å². The first-order chi connectivity index (χ1) is 9.16. The molecule has 0 aromatic heterocycles. The van der Waals surface area contributed by atoms with Crippen molar-refractivity contribution in [3.63, 3.8) is 0 Å². The Morgan fingerprint density at radius 2 is 1.89 bits per heavy atom. The van der Waals surface area contributed by atoms with Gasteiger partial charge >= 0.3 is 0 Å². The van der Waals surface area contributed by atoms with Crippen LogP contribution in [0.2, 0.25) is 0 Å². The molecule has 0 radical (unpaired) electrons. The highest BCUT2D eigenvalue weighted by Crippen LogP contribution is 2.17. The second-order valence-electron chi connectivity index (χ2n) is 4.13. The van der Waals surface area contributed by atoms with Crippen molar-refractivity contribution in [3.8, 4) is 0 Å². The summed E-state index contributed by atoms with van der Waals surface area (Å²) in [7, 11) is 0. The molecule has 1 aromatic rings. The van der Waals surface area contributed by atoms with Crippen LogP contribution in [0.3, 0.4) is 0 Å². The van der Waals surface area contributed by atoms with E-state index in [4.69, 9.17) is 0 Å². The molecule has 0 saturated heterocycles. The van der Waals surface area contributed by atoms with Gasteiger partial charge in [0.1, 0.15) is 5.56 Å². The summed E-state index contributed by atoms with van der Waals surface area (Å²) in [6, 6.07) is 6.00. The van der Waals surface area contributed by atoms with Crippen LogP contribution >= 0.6 is 22.6 Å². The molecule has 0 unspecified atom stereocenters. The lowest BCUT2D eigenvalue weighted by Gasteiger charge is -2.05. The highest BCUT2D eigenvalue weighted by molar-refractivity contribution is 14.1. The summed E-state index contributed by atoms with van der Waals surface area (Å²) in [5.74, 6) is -0.374. The van der Waals surface area contributed by atoms with Crippen molar-refractivity contribution in [1.82, 2.24) is 5.32 Å². The van der Waals surface area contributed by atoms with E-state index in [1.165, 1.54) is 18.6 Å². The number of carbonyl (C=O) groups excluding carboxylic acids is 1. The van der Waals surface area contributed by atoms with Crippen LogP contribution in [0.4, 0.5) is 5.69 Å². The number of nitrogens with zero attached hydrogens (tertiary/aromatic N) is 1. The van der Waals surface area contributed by atoms with E-state index in [0.717, 1.165) is 23.7 Å². The third-order valence-corrected chi connectivity index (χ3v) is 3.45. The lowest BCUT2D eigenvalue weighted by atomic mass is 10.1. The van der Waals surface area contributed by atoms with Gasteiger partial charge in [-0.3, -0.25) is 14.9 Å². The fourth-order valence-corrected chi connectivity index (χ4v) is 2.23. The maximum Gasteiger partial charge on any atom is 0.282 e. The van der Waals surface area contributed by atoms with Crippen molar-refractivity contribution in [2.24, 2.45) is 0 Å². The number of benzene rings is 1. The quantitative estimate of drug-likeness (QED) is 0.249. The van der Waals surface area contributed by atoms with Gasteiger partial charge in [-0.25, -0.2) is 0 Å². The summed E-state index contributed by atoms with van der Waals surface area (Å²) in [5, 5.41) is 13.5. The average molecular weight is 376 g/mol. The molecule has 0 bridgehead atoms. The van der Waals surface area contributed by atoms with Gasteiger partial charge in [0.25, 0.3) is 11.6 Å². The molecule has 0 aliphatic heterocycles. The zero-order valence-corrected chi connectivity index (χ0v) is 12.8. The van der Waals surface area contributed by atoms with Gasteiger partial charge in [0.2, 0.25) is 0 Å². The minimum absolute atomic E-state index is 0.125. The Morgan fingerprint density at radius 3 is 2.58 bits per heavy atom. The number of halogens is 1. The number of unbranched alkanes of at least 4 members (excludes halogenated alkanes) is 3. The molecule has 1 N–H and O–H groups in total. The predicted molar refractivity (Wildman–Crippen MR) is 82.8 cm³/mol. The van der Waals surface area contributed by atoms with Gasteiger partial charge in [0.05, 0.1) is 4.92 Å². The zero-order chi connectivity index (χ0) is 14.1. The van der Waals surface area contributed by atoms with E-state index >= 15 is 0 Å². The van der Waals surface area contributed by atoms with E-state index in [1.807, 2.05) is 0 Å². The van der Waals surface area contributed by atoms with Gasteiger partial charge in [0, 0.05) is 12.6 Å². The smallest absolute Gasteiger partial charge is 0.282 e. The highest BCUT2D eigenvalue weighted by Gasteiger charge is 2.18. The van der Waals surface area contributed by atoms with Crippen LogP contribution in [-0.2, 0) is 0 Å². The maximum absolute atomic E-state index is 11.8. The lowest BCUT2D eigenvalue weighted by molar-refractivity contribution is -0.385. The average Bonchev–Trinajstić information content (AvgIpc) is 2.42. The second kappa shape index (κ2) is 8.84. The molecule has 6 heteroatoms. The Balaban J connectivity index is 2.43. The van der Waals surface area contributed by atoms with Crippen LogP contribution < -0.4 is 5.32 Å². The fraction of sp³-hybridized carbons (Fsp3) is 0.462. The minimum Gasteiger partial charge on any atom is -0.352 e. The molecular weight excluding hydrogens is 359 g/mol. The maximum atomic E-state index is 11.8. The summed E-state index contributed by atoms with van der Waals surface area (Å²) in [5.41, 5.74) is -0.0234. The molecule has 1 amide bonds. The van der Waals surface area contributed by atoms with Crippen molar-refractivity contribution >= 4 is 34.2 Å². The summed E-state index contributed by atoms with van der Waals surface area (Å²) in [6.45, 7) is 0.562. The van der Waals surface area contributed by atoms with Crippen LogP contribution in [0, 0.1) is 10.1 Å². The molecule has 0 fully saturated rings. The van der Waals surface area contributed by atoms with Gasteiger partial charge in [-0.05, 0) is 23.3 Å². The Labute approximate surface area is 126 Å². The van der Waals surface area contributed by atoms with Crippen LogP contribution in [0.15, 0.2) is 24.3 Å². The van der Waals surface area contributed by atoms with Gasteiger partial charge in [-0.1, -0.05) is 47.6 Å². The number of nitro groups is 1.